The van der Waals surface area contributed by atoms with Crippen LogP contribution in [-0.4, -0.2) is 37.5 Å². The van der Waals surface area contributed by atoms with Crippen LogP contribution in [0.25, 0.3) is 5.70 Å². The smallest absolute Gasteiger partial charge is 0.261 e. The maximum atomic E-state index is 12.6. The summed E-state index contributed by atoms with van der Waals surface area (Å²) in [6.45, 7) is 3.07. The zero-order valence-electron chi connectivity index (χ0n) is 15.0. The van der Waals surface area contributed by atoms with E-state index in [0.717, 1.165) is 29.5 Å². The molecule has 144 valence electrons. The molecular formula is C19H18N4O3S2. The van der Waals surface area contributed by atoms with Crippen LogP contribution in [0.4, 0.5) is 11.4 Å². The van der Waals surface area contributed by atoms with Gasteiger partial charge in [0, 0.05) is 30.3 Å². The van der Waals surface area contributed by atoms with Crippen molar-refractivity contribution in [1.29, 1.82) is 0 Å². The number of benzene rings is 2. The van der Waals surface area contributed by atoms with Gasteiger partial charge in [0.15, 0.2) is 5.17 Å². The highest BCUT2D eigenvalue weighted by molar-refractivity contribution is 8.16. The van der Waals surface area contributed by atoms with Gasteiger partial charge in [-0.3, -0.25) is 14.5 Å². The number of hydrogen-bond acceptors (Lipinski definition) is 6. The van der Waals surface area contributed by atoms with Crippen LogP contribution in [0.2, 0.25) is 0 Å². The number of fused-ring (bicyclic) bond motifs is 1. The van der Waals surface area contributed by atoms with E-state index in [-0.39, 0.29) is 10.8 Å². The van der Waals surface area contributed by atoms with E-state index in [1.807, 2.05) is 12.1 Å². The SMILES string of the molecule is CC(=O)Nc1ccc(S(=O)(=O)Nc2ccc(C3=CSC4=NCCN34)cc2)cc1. The number of anilines is 2. The lowest BCUT2D eigenvalue weighted by molar-refractivity contribution is -0.114. The first-order valence-electron chi connectivity index (χ1n) is 8.62. The zero-order chi connectivity index (χ0) is 19.7. The summed E-state index contributed by atoms with van der Waals surface area (Å²) in [6, 6.07) is 13.3. The summed E-state index contributed by atoms with van der Waals surface area (Å²) in [6.07, 6.45) is 0. The predicted molar refractivity (Wildman–Crippen MR) is 113 cm³/mol. The van der Waals surface area contributed by atoms with Gasteiger partial charge in [0.05, 0.1) is 17.1 Å². The van der Waals surface area contributed by atoms with E-state index in [1.165, 1.54) is 19.1 Å². The summed E-state index contributed by atoms with van der Waals surface area (Å²) in [5, 5.41) is 5.69. The van der Waals surface area contributed by atoms with Gasteiger partial charge in [-0.05, 0) is 42.0 Å². The topological polar surface area (TPSA) is 90.9 Å². The highest BCUT2D eigenvalue weighted by atomic mass is 32.2. The Morgan fingerprint density at radius 3 is 2.43 bits per heavy atom. The maximum absolute atomic E-state index is 12.6. The molecule has 0 saturated heterocycles. The van der Waals surface area contributed by atoms with E-state index >= 15 is 0 Å². The summed E-state index contributed by atoms with van der Waals surface area (Å²) in [7, 11) is -3.72. The van der Waals surface area contributed by atoms with Gasteiger partial charge in [0.2, 0.25) is 5.91 Å². The first-order valence-corrected chi connectivity index (χ1v) is 11.0. The summed E-state index contributed by atoms with van der Waals surface area (Å²) in [5.41, 5.74) is 3.13. The Bertz CT molecular complexity index is 1080. The lowest BCUT2D eigenvalue weighted by Crippen LogP contribution is -2.19. The Morgan fingerprint density at radius 2 is 1.75 bits per heavy atom. The van der Waals surface area contributed by atoms with Crippen LogP contribution in [0.1, 0.15) is 12.5 Å². The molecule has 2 aliphatic heterocycles. The van der Waals surface area contributed by atoms with Crippen molar-refractivity contribution in [3.63, 3.8) is 0 Å². The van der Waals surface area contributed by atoms with Gasteiger partial charge < -0.3 is 10.2 Å². The summed E-state index contributed by atoms with van der Waals surface area (Å²) < 4.78 is 27.8. The molecule has 0 aliphatic carbocycles. The molecule has 9 heteroatoms. The molecule has 0 bridgehead atoms. The largest absolute Gasteiger partial charge is 0.326 e. The number of sulfonamides is 1. The van der Waals surface area contributed by atoms with Gasteiger partial charge in [0.1, 0.15) is 0 Å². The number of amidine groups is 1. The number of nitrogens with one attached hydrogen (secondary N) is 2. The molecule has 0 fully saturated rings. The summed E-state index contributed by atoms with van der Waals surface area (Å²) in [4.78, 5) is 17.8. The summed E-state index contributed by atoms with van der Waals surface area (Å²) >= 11 is 1.61. The van der Waals surface area contributed by atoms with Crippen molar-refractivity contribution < 1.29 is 13.2 Å². The quantitative estimate of drug-likeness (QED) is 0.784. The minimum atomic E-state index is -3.72. The molecular weight excluding hydrogens is 396 g/mol. The fourth-order valence-corrected chi connectivity index (χ4v) is 5.01. The average Bonchev–Trinajstić information content (AvgIpc) is 3.26. The third-order valence-corrected chi connectivity index (χ3v) is 6.58. The van der Waals surface area contributed by atoms with Crippen molar-refractivity contribution in [3.05, 3.63) is 59.5 Å². The number of nitrogens with zero attached hydrogens (tertiary/aromatic N) is 2. The number of rotatable bonds is 5. The van der Waals surface area contributed by atoms with Crippen molar-refractivity contribution in [2.24, 2.45) is 4.99 Å². The number of carbonyl (C=O) groups excluding carboxylic acids is 1. The van der Waals surface area contributed by atoms with E-state index in [2.05, 4.69) is 25.3 Å². The van der Waals surface area contributed by atoms with E-state index in [1.54, 1.807) is 36.0 Å². The van der Waals surface area contributed by atoms with Crippen LogP contribution in [0.5, 0.6) is 0 Å². The second-order valence-electron chi connectivity index (χ2n) is 6.33. The molecule has 0 radical (unpaired) electrons. The standard InChI is InChI=1S/C19H18N4O3S2/c1-13(24)21-15-6-8-17(9-7-15)28(25,26)22-16-4-2-14(3-5-16)18-12-27-19-20-10-11-23(18)19/h2-9,12,22H,10-11H2,1H3,(H,21,24). The minimum absolute atomic E-state index is 0.124. The van der Waals surface area contributed by atoms with Gasteiger partial charge in [-0.25, -0.2) is 8.42 Å². The molecule has 2 aromatic carbocycles. The fourth-order valence-electron chi connectivity index (χ4n) is 2.99. The lowest BCUT2D eigenvalue weighted by Gasteiger charge is -2.17. The molecule has 7 nitrogen and oxygen atoms in total. The molecule has 4 rings (SSSR count). The number of carbonyl (C=O) groups is 1. The van der Waals surface area contributed by atoms with Gasteiger partial charge >= 0.3 is 0 Å². The average molecular weight is 415 g/mol. The number of hydrogen-bond donors (Lipinski definition) is 2. The number of thioether (sulfide) groups is 1. The van der Waals surface area contributed by atoms with Crippen molar-refractivity contribution in [1.82, 2.24) is 4.90 Å². The third kappa shape index (κ3) is 3.76. The molecule has 0 unspecified atom stereocenters. The second kappa shape index (κ2) is 7.33. The van der Waals surface area contributed by atoms with Crippen LogP contribution in [0.15, 0.2) is 63.8 Å². The van der Waals surface area contributed by atoms with Crippen molar-refractivity contribution in [3.8, 4) is 0 Å². The number of amides is 1. The van der Waals surface area contributed by atoms with Crippen molar-refractivity contribution in [2.45, 2.75) is 11.8 Å². The van der Waals surface area contributed by atoms with E-state index in [4.69, 9.17) is 0 Å². The van der Waals surface area contributed by atoms with Crippen LogP contribution < -0.4 is 10.0 Å². The Hall–Kier alpha value is -2.78. The molecule has 0 aromatic heterocycles. The first kappa shape index (κ1) is 18.6. The van der Waals surface area contributed by atoms with Crippen LogP contribution in [-0.2, 0) is 14.8 Å². The van der Waals surface area contributed by atoms with E-state index < -0.39 is 10.0 Å². The normalized spacial score (nSPS) is 15.7. The molecule has 28 heavy (non-hydrogen) atoms. The summed E-state index contributed by atoms with van der Waals surface area (Å²) in [5.74, 6) is -0.211. The maximum Gasteiger partial charge on any atom is 0.261 e. The van der Waals surface area contributed by atoms with Crippen LogP contribution >= 0.6 is 11.8 Å². The molecule has 0 atom stereocenters. The van der Waals surface area contributed by atoms with E-state index in [9.17, 15) is 13.2 Å². The Kier molecular flexibility index (Phi) is 4.86. The highest BCUT2D eigenvalue weighted by Crippen LogP contribution is 2.35. The monoisotopic (exact) mass is 414 g/mol. The molecule has 2 aromatic rings. The van der Waals surface area contributed by atoms with Gasteiger partial charge in [0.25, 0.3) is 10.0 Å². The Balaban J connectivity index is 1.48. The third-order valence-electron chi connectivity index (χ3n) is 4.29. The van der Waals surface area contributed by atoms with Crippen LogP contribution in [0.3, 0.4) is 0 Å². The molecule has 1 amide bonds. The molecule has 0 spiro atoms. The fraction of sp³-hybridized carbons (Fsp3) is 0.158. The van der Waals surface area contributed by atoms with Crippen molar-refractivity contribution in [2.75, 3.05) is 23.1 Å². The highest BCUT2D eigenvalue weighted by Gasteiger charge is 2.27. The van der Waals surface area contributed by atoms with Gasteiger partial charge in [-0.2, -0.15) is 0 Å². The zero-order valence-corrected chi connectivity index (χ0v) is 16.7. The number of aliphatic imine (C=N–C) groups is 1. The van der Waals surface area contributed by atoms with Gasteiger partial charge in [-0.15, -0.1) is 0 Å². The first-order chi connectivity index (χ1) is 13.4. The Morgan fingerprint density at radius 1 is 1.07 bits per heavy atom. The lowest BCUT2D eigenvalue weighted by atomic mass is 10.1. The molecule has 2 N–H and O–H groups in total. The van der Waals surface area contributed by atoms with E-state index in [0.29, 0.717) is 11.4 Å². The molecule has 2 aliphatic rings. The molecule has 2 heterocycles. The minimum Gasteiger partial charge on any atom is -0.326 e. The predicted octanol–water partition coefficient (Wildman–Crippen LogP) is 3.16. The van der Waals surface area contributed by atoms with Crippen molar-refractivity contribution >= 4 is 49.9 Å². The molecule has 0 saturated carbocycles. The Labute approximate surface area is 167 Å². The second-order valence-corrected chi connectivity index (χ2v) is 8.84. The van der Waals surface area contributed by atoms with Crippen LogP contribution in [0, 0.1) is 0 Å². The van der Waals surface area contributed by atoms with Gasteiger partial charge in [-0.1, -0.05) is 23.9 Å².